The molecule has 1 aliphatic rings. The van der Waals surface area contributed by atoms with E-state index in [1.807, 2.05) is 20.2 Å². The number of nitrogens with two attached hydrogens (primary N) is 1. The summed E-state index contributed by atoms with van der Waals surface area (Å²) in [7, 11) is 3.95. The molecule has 1 aromatic rings. The van der Waals surface area contributed by atoms with Gasteiger partial charge < -0.3 is 26.2 Å². The smallest absolute Gasteiger partial charge is 0.220 e. The van der Waals surface area contributed by atoms with Gasteiger partial charge in [0.05, 0.1) is 19.1 Å². The van der Waals surface area contributed by atoms with Crippen LogP contribution in [0.3, 0.4) is 0 Å². The van der Waals surface area contributed by atoms with E-state index in [-0.39, 0.29) is 17.9 Å². The number of fused-ring (bicyclic) bond motifs is 1. The molecule has 8 nitrogen and oxygen atoms in total. The van der Waals surface area contributed by atoms with Gasteiger partial charge in [0.25, 0.3) is 0 Å². The Bertz CT molecular complexity index is 1310. The number of benzene rings is 1. The van der Waals surface area contributed by atoms with Gasteiger partial charge in [0, 0.05) is 45.0 Å². The molecule has 1 aliphatic carbocycles. The van der Waals surface area contributed by atoms with Crippen molar-refractivity contribution < 1.29 is 4.79 Å². The van der Waals surface area contributed by atoms with Gasteiger partial charge in [0.2, 0.25) is 5.91 Å². The summed E-state index contributed by atoms with van der Waals surface area (Å²) < 4.78 is 0. The van der Waals surface area contributed by atoms with Crippen LogP contribution in [0.4, 0.5) is 0 Å². The van der Waals surface area contributed by atoms with Crippen molar-refractivity contribution >= 4 is 23.5 Å². The lowest BCUT2D eigenvalue weighted by Crippen LogP contribution is -2.40. The molecule has 0 saturated heterocycles. The topological polar surface area (TPSA) is 98.3 Å². The summed E-state index contributed by atoms with van der Waals surface area (Å²) in [5.74, 6) is 1.17. The number of aliphatic imine (C=N–C) groups is 2. The van der Waals surface area contributed by atoms with E-state index in [1.165, 1.54) is 33.4 Å². The molecule has 0 spiro atoms. The Morgan fingerprint density at radius 1 is 1.13 bits per heavy atom. The number of carbonyl (C=O) groups excluding carboxylic acids is 1. The van der Waals surface area contributed by atoms with Crippen molar-refractivity contribution in [1.82, 2.24) is 20.4 Å². The highest BCUT2D eigenvalue weighted by atomic mass is 16.1. The molecule has 2 rings (SSSR count). The minimum Gasteiger partial charge on any atom is -0.368 e. The summed E-state index contributed by atoms with van der Waals surface area (Å²) in [4.78, 5) is 25.5. The maximum Gasteiger partial charge on any atom is 0.220 e. The zero-order valence-electron chi connectivity index (χ0n) is 30.7. The van der Waals surface area contributed by atoms with Gasteiger partial charge in [-0.25, -0.2) is 0 Å². The molecular formula is C39H63N7O. The normalized spacial score (nSPS) is 15.4. The van der Waals surface area contributed by atoms with E-state index in [9.17, 15) is 4.79 Å². The first kappa shape index (κ1) is 39.7. The number of amides is 1. The number of rotatable bonds is 20. The van der Waals surface area contributed by atoms with Crippen LogP contribution in [0, 0.1) is 5.92 Å². The van der Waals surface area contributed by atoms with Gasteiger partial charge in [-0.1, -0.05) is 76.3 Å². The lowest BCUT2D eigenvalue weighted by Gasteiger charge is -2.27. The maximum absolute atomic E-state index is 11.8. The zero-order valence-corrected chi connectivity index (χ0v) is 30.7. The lowest BCUT2D eigenvalue weighted by atomic mass is 9.83. The van der Waals surface area contributed by atoms with Gasteiger partial charge in [-0.15, -0.1) is 0 Å². The summed E-state index contributed by atoms with van der Waals surface area (Å²) in [6.07, 6.45) is 13.5. The zero-order chi connectivity index (χ0) is 34.8. The Morgan fingerprint density at radius 3 is 2.53 bits per heavy atom. The van der Waals surface area contributed by atoms with E-state index in [4.69, 9.17) is 10.7 Å². The average Bonchev–Trinajstić information content (AvgIpc) is 3.07. The Hall–Kier alpha value is -3.49. The Balaban J connectivity index is 2.18. The number of nitrogens with one attached hydrogen (secondary N) is 2. The molecule has 0 aromatic heterocycles. The van der Waals surface area contributed by atoms with Crippen LogP contribution >= 0.6 is 0 Å². The van der Waals surface area contributed by atoms with E-state index in [0.29, 0.717) is 32.6 Å². The number of nitrogens with zero attached hydrogens (tertiary/aromatic N) is 4. The van der Waals surface area contributed by atoms with Gasteiger partial charge in [0.1, 0.15) is 5.84 Å². The third kappa shape index (κ3) is 13.6. The molecule has 47 heavy (non-hydrogen) atoms. The number of amidine groups is 1. The van der Waals surface area contributed by atoms with Crippen LogP contribution < -0.4 is 16.4 Å². The highest BCUT2D eigenvalue weighted by Crippen LogP contribution is 2.34. The molecule has 8 heteroatoms. The second-order valence-electron chi connectivity index (χ2n) is 12.8. The number of carbonyl (C=O) groups is 1. The van der Waals surface area contributed by atoms with Crippen LogP contribution in [-0.4, -0.2) is 87.2 Å². The molecule has 1 aromatic carbocycles. The molecule has 0 heterocycles. The quantitative estimate of drug-likeness (QED) is 0.0898. The summed E-state index contributed by atoms with van der Waals surface area (Å²) in [6, 6.07) is 6.95. The van der Waals surface area contributed by atoms with Gasteiger partial charge in [-0.3, -0.25) is 14.8 Å². The average molecular weight is 646 g/mol. The van der Waals surface area contributed by atoms with E-state index in [1.54, 1.807) is 0 Å². The van der Waals surface area contributed by atoms with Crippen molar-refractivity contribution in [3.63, 3.8) is 0 Å². The fourth-order valence-corrected chi connectivity index (χ4v) is 5.54. The minimum atomic E-state index is 0.0314. The molecule has 260 valence electrons. The first-order valence-corrected chi connectivity index (χ1v) is 17.6. The number of allylic oxidation sites excluding steroid dienone is 4. The van der Waals surface area contributed by atoms with Crippen molar-refractivity contribution in [2.24, 2.45) is 21.6 Å². The van der Waals surface area contributed by atoms with Crippen LogP contribution in [0.2, 0.25) is 0 Å². The summed E-state index contributed by atoms with van der Waals surface area (Å²) in [6.45, 7) is 22.2. The van der Waals surface area contributed by atoms with E-state index in [2.05, 4.69) is 110 Å². The monoisotopic (exact) mass is 646 g/mol. The summed E-state index contributed by atoms with van der Waals surface area (Å²) in [5.41, 5.74) is 14.9. The molecule has 4 N–H and O–H groups in total. The minimum absolute atomic E-state index is 0.0314. The Kier molecular flexibility index (Phi) is 18.1. The van der Waals surface area contributed by atoms with Crippen molar-refractivity contribution in [1.29, 1.82) is 0 Å². The largest absolute Gasteiger partial charge is 0.368 e. The van der Waals surface area contributed by atoms with Crippen molar-refractivity contribution in [3.05, 3.63) is 76.5 Å². The molecule has 0 saturated carbocycles. The van der Waals surface area contributed by atoms with Crippen LogP contribution in [0.25, 0.3) is 5.57 Å². The van der Waals surface area contributed by atoms with Crippen molar-refractivity contribution in [2.75, 3.05) is 53.4 Å². The van der Waals surface area contributed by atoms with Gasteiger partial charge in [-0.05, 0) is 93.4 Å². The summed E-state index contributed by atoms with van der Waals surface area (Å²) >= 11 is 0. The number of hydrogen-bond acceptors (Lipinski definition) is 6. The summed E-state index contributed by atoms with van der Waals surface area (Å²) in [5, 5.41) is 6.50. The van der Waals surface area contributed by atoms with Crippen LogP contribution in [0.5, 0.6) is 0 Å². The second kappa shape index (κ2) is 21.4. The fraction of sp³-hybridized carbons (Fsp3) is 0.564. The van der Waals surface area contributed by atoms with E-state index in [0.717, 1.165) is 56.9 Å². The highest BCUT2D eigenvalue weighted by Gasteiger charge is 2.18. The molecule has 0 radical (unpaired) electrons. The van der Waals surface area contributed by atoms with Crippen molar-refractivity contribution in [3.8, 4) is 0 Å². The Morgan fingerprint density at radius 2 is 1.87 bits per heavy atom. The number of hydrogen-bond donors (Lipinski definition) is 3. The maximum atomic E-state index is 11.8. The first-order chi connectivity index (χ1) is 22.6. The van der Waals surface area contributed by atoms with Gasteiger partial charge in [0.15, 0.2) is 0 Å². The van der Waals surface area contributed by atoms with Gasteiger partial charge in [-0.2, -0.15) is 0 Å². The third-order valence-electron chi connectivity index (χ3n) is 8.69. The van der Waals surface area contributed by atoms with Gasteiger partial charge >= 0.3 is 0 Å². The van der Waals surface area contributed by atoms with E-state index < -0.39 is 0 Å². The van der Waals surface area contributed by atoms with Crippen LogP contribution in [-0.2, 0) is 17.8 Å². The van der Waals surface area contributed by atoms with Crippen LogP contribution in [0.15, 0.2) is 69.8 Å². The molecule has 0 fully saturated rings. The molecule has 2 atom stereocenters. The molecular weight excluding hydrogens is 582 g/mol. The third-order valence-corrected chi connectivity index (χ3v) is 8.69. The predicted octanol–water partition coefficient (Wildman–Crippen LogP) is 6.15. The highest BCUT2D eigenvalue weighted by molar-refractivity contribution is 5.84. The SMILES string of the molecule is C=C(CNC(=O)CC)N(CCC)C/C(=N/C)NCc1ccc2c(c1)CCC(C)=C2/C=C(/C=C\C(C)/N=C/CN(C)CCC)C(C)CN. The standard InChI is InChI=1S/C39H63N7O/c1-10-20-45(9)22-19-42-31(6)14-17-34(30(5)25-40)24-37-29(4)13-16-35-23-33(15-18-36(35)37)27-43-38(41-8)28-46(21-11-2)32(7)26-44-39(47)12-3/h14-15,17-19,23-24,30-31H,7,10-13,16,20-22,25-28,40H2,1-6,8-9H3,(H,41,43)(H,44,47)/b17-14-,34-24-,42-19+. The van der Waals surface area contributed by atoms with Crippen molar-refractivity contribution in [2.45, 2.75) is 86.2 Å². The fourth-order valence-electron chi connectivity index (χ4n) is 5.54. The molecule has 2 unspecified atom stereocenters. The molecule has 0 bridgehead atoms. The van der Waals surface area contributed by atoms with E-state index >= 15 is 0 Å². The number of aryl methyl sites for hydroxylation is 1. The first-order valence-electron chi connectivity index (χ1n) is 17.6. The molecule has 0 aliphatic heterocycles. The lowest BCUT2D eigenvalue weighted by molar-refractivity contribution is -0.120. The Labute approximate surface area is 286 Å². The van der Waals surface area contributed by atoms with Crippen LogP contribution in [0.1, 0.15) is 83.9 Å². The molecule has 1 amide bonds. The predicted molar refractivity (Wildman–Crippen MR) is 203 cm³/mol. The second-order valence-corrected chi connectivity index (χ2v) is 12.8.